The number of halogens is 1. The van der Waals surface area contributed by atoms with Crippen molar-refractivity contribution >= 4 is 11.6 Å². The Balaban J connectivity index is 1.57. The summed E-state index contributed by atoms with van der Waals surface area (Å²) in [6.07, 6.45) is 0. The molecule has 0 unspecified atom stereocenters. The van der Waals surface area contributed by atoms with Crippen LogP contribution < -0.4 is 9.47 Å². The predicted molar refractivity (Wildman–Crippen MR) is 114 cm³/mol. The molecule has 0 saturated heterocycles. The molecule has 0 radical (unpaired) electrons. The highest BCUT2D eigenvalue weighted by Gasteiger charge is 2.20. The number of hydrogen-bond acceptors (Lipinski definition) is 3. The van der Waals surface area contributed by atoms with E-state index in [9.17, 15) is 0 Å². The summed E-state index contributed by atoms with van der Waals surface area (Å²) < 4.78 is 17.1. The molecule has 0 aromatic heterocycles. The first-order valence-electron chi connectivity index (χ1n) is 9.21. The molecule has 0 aliphatic heterocycles. The van der Waals surface area contributed by atoms with Gasteiger partial charge in [-0.25, -0.2) is 0 Å². The minimum absolute atomic E-state index is 0.0954. The van der Waals surface area contributed by atoms with Crippen molar-refractivity contribution in [3.8, 4) is 17.2 Å². The molecule has 0 N–H and O–H groups in total. The highest BCUT2D eigenvalue weighted by molar-refractivity contribution is 6.30. The van der Waals surface area contributed by atoms with E-state index >= 15 is 0 Å². The molecule has 0 bridgehead atoms. The van der Waals surface area contributed by atoms with Gasteiger partial charge in [-0.1, -0.05) is 49.7 Å². The number of methoxy groups -OCH3 is 1. The first-order valence-corrected chi connectivity index (χ1v) is 9.59. The second kappa shape index (κ2) is 9.13. The molecule has 3 aromatic rings. The zero-order valence-corrected chi connectivity index (χ0v) is 17.2. The second-order valence-electron chi connectivity index (χ2n) is 7.31. The van der Waals surface area contributed by atoms with E-state index in [0.717, 1.165) is 27.8 Å². The molecule has 3 nitrogen and oxygen atoms in total. The fourth-order valence-electron chi connectivity index (χ4n) is 2.89. The summed E-state index contributed by atoms with van der Waals surface area (Å²) in [6, 6.07) is 23.4. The number of hydrogen-bond donors (Lipinski definition) is 0. The van der Waals surface area contributed by atoms with Gasteiger partial charge in [-0.2, -0.15) is 0 Å². The Morgan fingerprint density at radius 2 is 1.50 bits per heavy atom. The largest absolute Gasteiger partial charge is 0.497 e. The van der Waals surface area contributed by atoms with Gasteiger partial charge in [-0.05, 0) is 59.7 Å². The van der Waals surface area contributed by atoms with Crippen LogP contribution in [0.1, 0.15) is 25.0 Å². The molecule has 146 valence electrons. The topological polar surface area (TPSA) is 27.7 Å². The molecule has 0 aliphatic carbocycles. The van der Waals surface area contributed by atoms with Gasteiger partial charge in [0.2, 0.25) is 0 Å². The summed E-state index contributed by atoms with van der Waals surface area (Å²) >= 11 is 5.98. The average Bonchev–Trinajstić information content (AvgIpc) is 2.69. The van der Waals surface area contributed by atoms with E-state index in [4.69, 9.17) is 25.8 Å². The Labute approximate surface area is 171 Å². The van der Waals surface area contributed by atoms with Gasteiger partial charge in [-0.3, -0.25) is 0 Å². The van der Waals surface area contributed by atoms with Crippen molar-refractivity contribution < 1.29 is 14.2 Å². The molecule has 28 heavy (non-hydrogen) atoms. The molecule has 0 saturated carbocycles. The van der Waals surface area contributed by atoms with Crippen LogP contribution in [0.4, 0.5) is 0 Å². The lowest BCUT2D eigenvalue weighted by Gasteiger charge is -2.25. The van der Waals surface area contributed by atoms with E-state index < -0.39 is 0 Å². The maximum atomic E-state index is 6.00. The summed E-state index contributed by atoms with van der Waals surface area (Å²) in [6.45, 7) is 5.47. The van der Waals surface area contributed by atoms with Crippen LogP contribution in [0.2, 0.25) is 5.02 Å². The molecule has 3 aromatic carbocycles. The number of ether oxygens (including phenoxy) is 3. The van der Waals surface area contributed by atoms with E-state index in [1.54, 1.807) is 7.11 Å². The van der Waals surface area contributed by atoms with Gasteiger partial charge in [-0.15, -0.1) is 0 Å². The van der Waals surface area contributed by atoms with Gasteiger partial charge in [0.15, 0.2) is 0 Å². The molecule has 0 amide bonds. The summed E-state index contributed by atoms with van der Waals surface area (Å²) in [4.78, 5) is 0. The molecular formula is C24H25ClO3. The smallest absolute Gasteiger partial charge is 0.127 e. The minimum atomic E-state index is -0.0954. The summed E-state index contributed by atoms with van der Waals surface area (Å²) in [7, 11) is 1.65. The Morgan fingerprint density at radius 1 is 0.821 bits per heavy atom. The first-order chi connectivity index (χ1) is 13.5. The van der Waals surface area contributed by atoms with Crippen molar-refractivity contribution in [1.29, 1.82) is 0 Å². The number of benzene rings is 3. The molecule has 0 aliphatic rings. The summed E-state index contributed by atoms with van der Waals surface area (Å²) in [5, 5.41) is 0.745. The Hall–Kier alpha value is -2.49. The van der Waals surface area contributed by atoms with Crippen LogP contribution in [-0.2, 0) is 16.8 Å². The molecule has 0 fully saturated rings. The lowest BCUT2D eigenvalue weighted by Crippen LogP contribution is -2.24. The van der Waals surface area contributed by atoms with E-state index in [1.807, 2.05) is 60.7 Å². The molecule has 3 rings (SSSR count). The van der Waals surface area contributed by atoms with Crippen molar-refractivity contribution in [2.45, 2.75) is 25.9 Å². The van der Waals surface area contributed by atoms with E-state index in [1.165, 1.54) is 5.56 Å². The van der Waals surface area contributed by atoms with Gasteiger partial charge >= 0.3 is 0 Å². The van der Waals surface area contributed by atoms with Crippen LogP contribution >= 0.6 is 11.6 Å². The Kier molecular flexibility index (Phi) is 6.61. The standard InChI is InChI=1S/C24H25ClO3/c1-24(2,19-7-9-20(25)10-8-19)17-27-16-18-5-4-6-23(15-18)28-22-13-11-21(26-3)12-14-22/h4-15H,16-17H2,1-3H3. The third kappa shape index (κ3) is 5.51. The van der Waals surface area contributed by atoms with Crippen molar-refractivity contribution in [2.24, 2.45) is 0 Å². The first kappa shape index (κ1) is 20.2. The van der Waals surface area contributed by atoms with Gasteiger partial charge in [0.1, 0.15) is 17.2 Å². The van der Waals surface area contributed by atoms with Crippen LogP contribution in [0.3, 0.4) is 0 Å². The normalized spacial score (nSPS) is 11.3. The monoisotopic (exact) mass is 396 g/mol. The third-order valence-electron chi connectivity index (χ3n) is 4.55. The summed E-state index contributed by atoms with van der Waals surface area (Å²) in [5.74, 6) is 2.35. The van der Waals surface area contributed by atoms with Crippen LogP contribution in [0, 0.1) is 0 Å². The zero-order chi connectivity index (χ0) is 20.0. The molecule has 4 heteroatoms. The van der Waals surface area contributed by atoms with Gasteiger partial charge in [0.25, 0.3) is 0 Å². The van der Waals surface area contributed by atoms with Crippen molar-refractivity contribution in [3.63, 3.8) is 0 Å². The van der Waals surface area contributed by atoms with E-state index in [-0.39, 0.29) is 5.41 Å². The van der Waals surface area contributed by atoms with Gasteiger partial charge in [0, 0.05) is 10.4 Å². The average molecular weight is 397 g/mol. The fraction of sp³-hybridized carbons (Fsp3) is 0.250. The quantitative estimate of drug-likeness (QED) is 0.427. The van der Waals surface area contributed by atoms with E-state index in [2.05, 4.69) is 26.0 Å². The van der Waals surface area contributed by atoms with Crippen LogP contribution in [-0.4, -0.2) is 13.7 Å². The minimum Gasteiger partial charge on any atom is -0.497 e. The Morgan fingerprint density at radius 3 is 2.18 bits per heavy atom. The van der Waals surface area contributed by atoms with Crippen LogP contribution in [0.25, 0.3) is 0 Å². The molecule has 0 atom stereocenters. The maximum Gasteiger partial charge on any atom is 0.127 e. The van der Waals surface area contributed by atoms with Gasteiger partial charge in [0.05, 0.1) is 20.3 Å². The lowest BCUT2D eigenvalue weighted by atomic mass is 9.86. The highest BCUT2D eigenvalue weighted by atomic mass is 35.5. The Bertz CT molecular complexity index is 886. The number of rotatable bonds is 8. The third-order valence-corrected chi connectivity index (χ3v) is 4.80. The maximum absolute atomic E-state index is 6.00. The fourth-order valence-corrected chi connectivity index (χ4v) is 3.01. The van der Waals surface area contributed by atoms with E-state index in [0.29, 0.717) is 13.2 Å². The highest BCUT2D eigenvalue weighted by Crippen LogP contribution is 2.27. The molecular weight excluding hydrogens is 372 g/mol. The van der Waals surface area contributed by atoms with Crippen molar-refractivity contribution in [2.75, 3.05) is 13.7 Å². The predicted octanol–water partition coefficient (Wildman–Crippen LogP) is 6.64. The zero-order valence-electron chi connectivity index (χ0n) is 16.4. The lowest BCUT2D eigenvalue weighted by molar-refractivity contribution is 0.0824. The van der Waals surface area contributed by atoms with Crippen LogP contribution in [0.5, 0.6) is 17.2 Å². The van der Waals surface area contributed by atoms with Gasteiger partial charge < -0.3 is 14.2 Å². The summed E-state index contributed by atoms with van der Waals surface area (Å²) in [5.41, 5.74) is 2.17. The second-order valence-corrected chi connectivity index (χ2v) is 7.75. The molecule has 0 heterocycles. The van der Waals surface area contributed by atoms with Crippen LogP contribution in [0.15, 0.2) is 72.8 Å². The van der Waals surface area contributed by atoms with Crippen molar-refractivity contribution in [1.82, 2.24) is 0 Å². The molecule has 0 spiro atoms. The van der Waals surface area contributed by atoms with Crippen molar-refractivity contribution in [3.05, 3.63) is 88.9 Å². The SMILES string of the molecule is COc1ccc(Oc2cccc(COCC(C)(C)c3ccc(Cl)cc3)c2)cc1.